The molecule has 35 heavy (non-hydrogen) atoms. The lowest BCUT2D eigenvalue weighted by molar-refractivity contribution is -0.137. The number of rotatable bonds is 4. The molecular formula is C23H16Cl2F3N5O2. The summed E-state index contributed by atoms with van der Waals surface area (Å²) in [6, 6.07) is 7.95. The zero-order valence-corrected chi connectivity index (χ0v) is 19.4. The van der Waals surface area contributed by atoms with Crippen LogP contribution in [-0.2, 0) is 30.5 Å². The first-order valence-electron chi connectivity index (χ1n) is 10.2. The fourth-order valence-corrected chi connectivity index (χ4v) is 4.24. The first kappa shape index (κ1) is 24.6. The lowest BCUT2D eigenvalue weighted by atomic mass is 10.0. The largest absolute Gasteiger partial charge is 0.407 e. The highest BCUT2D eigenvalue weighted by Crippen LogP contribution is 2.37. The van der Waals surface area contributed by atoms with E-state index in [0.717, 1.165) is 12.1 Å². The minimum atomic E-state index is -4.71. The van der Waals surface area contributed by atoms with Crippen molar-refractivity contribution in [1.29, 1.82) is 0 Å². The van der Waals surface area contributed by atoms with Crippen LogP contribution in [0.2, 0.25) is 10.0 Å². The molecule has 1 aliphatic rings. The SMILES string of the molecule is [C-]#[N+]c1ccc(CC(=O)N2CCn3nc(-c4ccc(Cl)c(Cl)c4)c(C(N)=O)c3C2)cc1C(F)(F)F. The van der Waals surface area contributed by atoms with Crippen molar-refractivity contribution in [1.82, 2.24) is 14.7 Å². The van der Waals surface area contributed by atoms with Gasteiger partial charge in [0.2, 0.25) is 5.91 Å². The van der Waals surface area contributed by atoms with Crippen molar-refractivity contribution in [3.63, 3.8) is 0 Å². The summed E-state index contributed by atoms with van der Waals surface area (Å²) < 4.78 is 41.4. The van der Waals surface area contributed by atoms with Crippen LogP contribution >= 0.6 is 23.2 Å². The Balaban J connectivity index is 1.62. The summed E-state index contributed by atoms with van der Waals surface area (Å²) in [6.07, 6.45) is -5.02. The number of primary amides is 1. The number of benzene rings is 2. The predicted molar refractivity (Wildman–Crippen MR) is 123 cm³/mol. The zero-order valence-electron chi connectivity index (χ0n) is 17.9. The number of hydrogen-bond donors (Lipinski definition) is 1. The Morgan fingerprint density at radius 1 is 1.11 bits per heavy atom. The molecule has 0 aliphatic carbocycles. The number of halogens is 5. The third kappa shape index (κ3) is 4.83. The summed E-state index contributed by atoms with van der Waals surface area (Å²) in [7, 11) is 0. The lowest BCUT2D eigenvalue weighted by Gasteiger charge is -2.28. The average molecular weight is 522 g/mol. The Kier molecular flexibility index (Phi) is 6.49. The number of hydrogen-bond acceptors (Lipinski definition) is 3. The Morgan fingerprint density at radius 2 is 1.86 bits per heavy atom. The summed E-state index contributed by atoms with van der Waals surface area (Å²) in [5.41, 5.74) is 5.50. The molecule has 4 rings (SSSR count). The molecule has 0 saturated carbocycles. The Labute approximate surface area is 207 Å². The normalized spacial score (nSPS) is 13.3. The van der Waals surface area contributed by atoms with E-state index in [1.807, 2.05) is 0 Å². The third-order valence-corrected chi connectivity index (χ3v) is 6.35. The molecule has 0 saturated heterocycles. The second-order valence-corrected chi connectivity index (χ2v) is 8.65. The van der Waals surface area contributed by atoms with Gasteiger partial charge in [-0.2, -0.15) is 18.3 Å². The second kappa shape index (κ2) is 9.24. The molecule has 0 radical (unpaired) electrons. The van der Waals surface area contributed by atoms with E-state index in [4.69, 9.17) is 35.5 Å². The minimum absolute atomic E-state index is 0.00229. The number of carbonyl (C=O) groups excluding carboxylic acids is 2. The molecule has 0 bridgehead atoms. The van der Waals surface area contributed by atoms with Gasteiger partial charge in [-0.15, -0.1) is 0 Å². The van der Waals surface area contributed by atoms with Gasteiger partial charge in [0.1, 0.15) is 5.69 Å². The standard InChI is InChI=1S/C23H16Cl2F3N5O2/c1-30-17-5-2-12(8-14(17)23(26,27)28)9-19(34)32-6-7-33-18(11-32)20(22(29)35)21(31-33)13-3-4-15(24)16(25)10-13/h2-5,8,10H,6-7,9,11H2,(H2,29,35). The Hall–Kier alpha value is -3.55. The average Bonchev–Trinajstić information content (AvgIpc) is 3.19. The van der Waals surface area contributed by atoms with Crippen LogP contribution in [0.4, 0.5) is 18.9 Å². The molecule has 2 aromatic carbocycles. The summed E-state index contributed by atoms with van der Waals surface area (Å²) in [5, 5.41) is 5.07. The van der Waals surface area contributed by atoms with Gasteiger partial charge in [0.15, 0.2) is 5.69 Å². The smallest absolute Gasteiger partial charge is 0.365 e. The molecule has 180 valence electrons. The van der Waals surface area contributed by atoms with E-state index in [1.54, 1.807) is 22.9 Å². The summed E-state index contributed by atoms with van der Waals surface area (Å²) in [4.78, 5) is 29.6. The number of fused-ring (bicyclic) bond motifs is 1. The van der Waals surface area contributed by atoms with Crippen molar-refractivity contribution in [3.05, 3.63) is 80.2 Å². The highest BCUT2D eigenvalue weighted by molar-refractivity contribution is 6.42. The van der Waals surface area contributed by atoms with Gasteiger partial charge in [-0.25, -0.2) is 4.85 Å². The topological polar surface area (TPSA) is 85.6 Å². The van der Waals surface area contributed by atoms with Gasteiger partial charge in [0.25, 0.3) is 5.91 Å². The zero-order chi connectivity index (χ0) is 25.5. The maximum atomic E-state index is 13.3. The van der Waals surface area contributed by atoms with Crippen molar-refractivity contribution in [2.75, 3.05) is 6.54 Å². The molecule has 0 fully saturated rings. The van der Waals surface area contributed by atoms with Crippen LogP contribution in [-0.4, -0.2) is 33.0 Å². The van der Waals surface area contributed by atoms with Gasteiger partial charge < -0.3 is 10.6 Å². The highest BCUT2D eigenvalue weighted by Gasteiger charge is 2.34. The second-order valence-electron chi connectivity index (χ2n) is 7.84. The van der Waals surface area contributed by atoms with Crippen LogP contribution in [0.3, 0.4) is 0 Å². The molecule has 2 heterocycles. The van der Waals surface area contributed by atoms with Crippen molar-refractivity contribution in [2.24, 2.45) is 5.73 Å². The quantitative estimate of drug-likeness (QED) is 0.484. The molecule has 7 nitrogen and oxygen atoms in total. The molecule has 0 spiro atoms. The minimum Gasteiger partial charge on any atom is -0.365 e. The number of aromatic nitrogens is 2. The number of nitrogens with two attached hydrogens (primary N) is 1. The number of amides is 2. The van der Waals surface area contributed by atoms with Crippen LogP contribution < -0.4 is 5.73 Å². The summed E-state index contributed by atoms with van der Waals surface area (Å²) in [5.74, 6) is -1.18. The van der Waals surface area contributed by atoms with E-state index in [2.05, 4.69) is 9.94 Å². The fourth-order valence-electron chi connectivity index (χ4n) is 3.94. The van der Waals surface area contributed by atoms with E-state index in [0.29, 0.717) is 22.0 Å². The fraction of sp³-hybridized carbons (Fsp3) is 0.217. The highest BCUT2D eigenvalue weighted by atomic mass is 35.5. The molecule has 2 N–H and O–H groups in total. The lowest BCUT2D eigenvalue weighted by Crippen LogP contribution is -2.40. The van der Waals surface area contributed by atoms with E-state index in [1.165, 1.54) is 11.0 Å². The first-order valence-corrected chi connectivity index (χ1v) is 11.0. The number of alkyl halides is 3. The Bertz CT molecular complexity index is 1400. The van der Waals surface area contributed by atoms with Gasteiger partial charge in [-0.1, -0.05) is 47.5 Å². The van der Waals surface area contributed by atoms with Gasteiger partial charge >= 0.3 is 6.18 Å². The van der Waals surface area contributed by atoms with E-state index in [9.17, 15) is 22.8 Å². The van der Waals surface area contributed by atoms with Crippen LogP contribution in [0, 0.1) is 6.57 Å². The van der Waals surface area contributed by atoms with E-state index < -0.39 is 29.2 Å². The molecule has 0 atom stereocenters. The van der Waals surface area contributed by atoms with Crippen LogP contribution in [0.15, 0.2) is 36.4 Å². The van der Waals surface area contributed by atoms with Crippen molar-refractivity contribution in [2.45, 2.75) is 25.7 Å². The number of nitrogens with zero attached hydrogens (tertiary/aromatic N) is 4. The maximum absolute atomic E-state index is 13.3. The molecule has 1 aliphatic heterocycles. The first-order chi connectivity index (χ1) is 16.5. The monoisotopic (exact) mass is 521 g/mol. The van der Waals surface area contributed by atoms with Gasteiger partial charge in [0, 0.05) is 12.1 Å². The maximum Gasteiger partial charge on any atom is 0.407 e. The van der Waals surface area contributed by atoms with Crippen LogP contribution in [0.25, 0.3) is 16.1 Å². The van der Waals surface area contributed by atoms with E-state index in [-0.39, 0.29) is 42.2 Å². The predicted octanol–water partition coefficient (Wildman–Crippen LogP) is 5.11. The van der Waals surface area contributed by atoms with Crippen LogP contribution in [0.5, 0.6) is 0 Å². The van der Waals surface area contributed by atoms with Crippen molar-refractivity contribution in [3.8, 4) is 11.3 Å². The van der Waals surface area contributed by atoms with Crippen molar-refractivity contribution < 1.29 is 22.8 Å². The third-order valence-electron chi connectivity index (χ3n) is 5.61. The molecule has 3 aromatic rings. The molecule has 12 heteroatoms. The summed E-state index contributed by atoms with van der Waals surface area (Å²) >= 11 is 12.1. The summed E-state index contributed by atoms with van der Waals surface area (Å²) in [6.45, 7) is 7.43. The molecule has 2 amide bonds. The van der Waals surface area contributed by atoms with Crippen LogP contribution in [0.1, 0.15) is 27.2 Å². The van der Waals surface area contributed by atoms with E-state index >= 15 is 0 Å². The Morgan fingerprint density at radius 3 is 2.49 bits per heavy atom. The number of carbonyl (C=O) groups is 2. The van der Waals surface area contributed by atoms with Gasteiger partial charge in [-0.3, -0.25) is 14.3 Å². The van der Waals surface area contributed by atoms with Gasteiger partial charge in [-0.05, 0) is 17.7 Å². The molecule has 1 aromatic heterocycles. The molecule has 0 unspecified atom stereocenters. The van der Waals surface area contributed by atoms with Crippen molar-refractivity contribution >= 4 is 40.7 Å². The van der Waals surface area contributed by atoms with Gasteiger partial charge in [0.05, 0.1) is 52.9 Å². The molecular weight excluding hydrogens is 506 g/mol.